The first-order chi connectivity index (χ1) is 21.9. The summed E-state index contributed by atoms with van der Waals surface area (Å²) in [5.74, 6) is -0.113. The van der Waals surface area contributed by atoms with Gasteiger partial charge in [-0.1, -0.05) is 94.6 Å². The van der Waals surface area contributed by atoms with Crippen LogP contribution in [0.3, 0.4) is 0 Å². The molecule has 2 atom stereocenters. The Balaban J connectivity index is 1.62. The summed E-state index contributed by atoms with van der Waals surface area (Å²) >= 11 is 0. The second-order valence-corrected chi connectivity index (χ2v) is 19.5. The van der Waals surface area contributed by atoms with Crippen LogP contribution in [0.25, 0.3) is 0 Å². The van der Waals surface area contributed by atoms with Crippen molar-refractivity contribution in [3.05, 3.63) is 107 Å². The Morgan fingerprint density at radius 3 is 1.91 bits per heavy atom. The number of carbonyl (C=O) groups is 1. The quantitative estimate of drug-likeness (QED) is 0.206. The van der Waals surface area contributed by atoms with Crippen LogP contribution in [0, 0.1) is 17.6 Å². The molecule has 0 bridgehead atoms. The molecule has 0 N–H and O–H groups in total. The molecule has 3 aromatic carbocycles. The third-order valence-corrected chi connectivity index (χ3v) is 14.8. The average molecular weight is 648 g/mol. The van der Waals surface area contributed by atoms with E-state index in [-0.39, 0.29) is 34.8 Å². The SMILES string of the molecule is CC(C)(C)[Si](C)(C)O[C@@H]1CN(CC2CCCCC2)N(Cc2ccc(F)cc2)C(=O)N(Cc2ccc(F)cc2)[C@@H]1Cc1ccccc1. The van der Waals surface area contributed by atoms with Gasteiger partial charge in [0, 0.05) is 19.6 Å². The lowest BCUT2D eigenvalue weighted by Gasteiger charge is -2.43. The molecule has 1 aliphatic carbocycles. The van der Waals surface area contributed by atoms with Crippen LogP contribution in [0.15, 0.2) is 78.9 Å². The van der Waals surface area contributed by atoms with Gasteiger partial charge in [-0.15, -0.1) is 0 Å². The van der Waals surface area contributed by atoms with Crippen LogP contribution in [-0.4, -0.2) is 54.5 Å². The van der Waals surface area contributed by atoms with Crippen LogP contribution in [0.4, 0.5) is 13.6 Å². The van der Waals surface area contributed by atoms with Gasteiger partial charge in [0.1, 0.15) is 11.6 Å². The van der Waals surface area contributed by atoms with Crippen molar-refractivity contribution < 1.29 is 18.0 Å². The van der Waals surface area contributed by atoms with Gasteiger partial charge in [-0.05, 0) is 84.3 Å². The summed E-state index contributed by atoms with van der Waals surface area (Å²) in [7, 11) is -2.28. The zero-order valence-corrected chi connectivity index (χ0v) is 29.2. The number of hydrogen-bond donors (Lipinski definition) is 0. The molecule has 5 rings (SSSR count). The molecule has 1 saturated heterocycles. The maximum absolute atomic E-state index is 15.1. The van der Waals surface area contributed by atoms with Crippen molar-refractivity contribution in [3.63, 3.8) is 0 Å². The minimum atomic E-state index is -2.28. The number of nitrogens with zero attached hydrogens (tertiary/aromatic N) is 3. The lowest BCUT2D eigenvalue weighted by atomic mass is 9.89. The first-order valence-corrected chi connectivity index (χ1v) is 19.8. The van der Waals surface area contributed by atoms with Gasteiger partial charge in [-0.2, -0.15) is 0 Å². The van der Waals surface area contributed by atoms with Crippen LogP contribution in [0.5, 0.6) is 0 Å². The van der Waals surface area contributed by atoms with E-state index in [9.17, 15) is 8.78 Å². The van der Waals surface area contributed by atoms with Crippen LogP contribution in [0.2, 0.25) is 18.1 Å². The standard InChI is InChI=1S/C38H51F2N3O2Si/c1-38(2,3)46(4,5)45-36-28-41(25-30-14-10-7-11-15-30)43(27-32-18-22-34(40)23-19-32)37(44)42(26-31-16-20-33(39)21-17-31)35(36)24-29-12-8-6-9-13-29/h6,8-9,12-13,16-23,30,35-36H,7,10-11,14-15,24-28H2,1-5H3/t35-,36-/m1/s1. The fraction of sp³-hybridized carbons (Fsp3) is 0.500. The summed E-state index contributed by atoms with van der Waals surface area (Å²) < 4.78 is 35.3. The summed E-state index contributed by atoms with van der Waals surface area (Å²) in [6.45, 7) is 13.3. The number of amides is 2. The van der Waals surface area contributed by atoms with E-state index in [0.717, 1.165) is 36.1 Å². The molecule has 0 radical (unpaired) electrons. The maximum atomic E-state index is 15.1. The third-order valence-electron chi connectivity index (χ3n) is 10.3. The number of halogens is 2. The maximum Gasteiger partial charge on any atom is 0.335 e. The molecule has 3 aromatic rings. The summed E-state index contributed by atoms with van der Waals surface area (Å²) in [4.78, 5) is 17.0. The number of rotatable bonds is 10. The molecular formula is C38H51F2N3O2Si. The van der Waals surface area contributed by atoms with Gasteiger partial charge in [0.05, 0.1) is 18.7 Å². The molecule has 2 aliphatic rings. The molecule has 1 aliphatic heterocycles. The first kappa shape index (κ1) is 34.3. The van der Waals surface area contributed by atoms with E-state index >= 15 is 4.79 Å². The van der Waals surface area contributed by atoms with Gasteiger partial charge in [0.15, 0.2) is 8.32 Å². The monoisotopic (exact) mass is 647 g/mol. The lowest BCUT2D eigenvalue weighted by Crippen LogP contribution is -2.54. The number of urea groups is 1. The molecule has 8 heteroatoms. The van der Waals surface area contributed by atoms with Gasteiger partial charge in [0.25, 0.3) is 0 Å². The van der Waals surface area contributed by atoms with Gasteiger partial charge < -0.3 is 9.33 Å². The number of benzene rings is 3. The Morgan fingerprint density at radius 2 is 1.35 bits per heavy atom. The van der Waals surface area contributed by atoms with Crippen LogP contribution in [0.1, 0.15) is 69.6 Å². The second kappa shape index (κ2) is 14.8. The summed E-state index contributed by atoms with van der Waals surface area (Å²) in [5, 5.41) is 4.12. The van der Waals surface area contributed by atoms with E-state index in [1.54, 1.807) is 24.3 Å². The Bertz CT molecular complexity index is 1410. The third kappa shape index (κ3) is 8.63. The van der Waals surface area contributed by atoms with Gasteiger partial charge in [0.2, 0.25) is 0 Å². The van der Waals surface area contributed by atoms with Crippen molar-refractivity contribution in [1.29, 1.82) is 0 Å². The Hall–Kier alpha value is -3.07. The Morgan fingerprint density at radius 1 is 0.783 bits per heavy atom. The van der Waals surface area contributed by atoms with Crippen molar-refractivity contribution in [1.82, 2.24) is 14.9 Å². The number of hydrazine groups is 1. The molecule has 2 fully saturated rings. The topological polar surface area (TPSA) is 36.0 Å². The van der Waals surface area contributed by atoms with Crippen molar-refractivity contribution in [2.75, 3.05) is 13.1 Å². The molecule has 0 spiro atoms. The lowest BCUT2D eigenvalue weighted by molar-refractivity contribution is -0.0265. The zero-order chi connectivity index (χ0) is 32.9. The first-order valence-electron chi connectivity index (χ1n) is 16.9. The highest BCUT2D eigenvalue weighted by Gasteiger charge is 2.46. The van der Waals surface area contributed by atoms with Gasteiger partial charge in [-0.3, -0.25) is 5.01 Å². The van der Waals surface area contributed by atoms with Crippen LogP contribution < -0.4 is 0 Å². The molecule has 2 amide bonds. The number of hydrogen-bond acceptors (Lipinski definition) is 3. The fourth-order valence-electron chi connectivity index (χ4n) is 6.55. The molecular weight excluding hydrogens is 597 g/mol. The van der Waals surface area contributed by atoms with Crippen molar-refractivity contribution in [2.45, 2.75) is 103 Å². The van der Waals surface area contributed by atoms with Gasteiger partial charge >= 0.3 is 6.03 Å². The minimum absolute atomic E-state index is 0.0234. The second-order valence-electron chi connectivity index (χ2n) is 14.8. The molecule has 1 saturated carbocycles. The van der Waals surface area contributed by atoms with E-state index in [4.69, 9.17) is 4.43 Å². The predicted molar refractivity (Wildman–Crippen MR) is 183 cm³/mol. The summed E-state index contributed by atoms with van der Waals surface area (Å²) in [5.41, 5.74) is 2.87. The highest BCUT2D eigenvalue weighted by molar-refractivity contribution is 6.74. The Labute approximate surface area is 275 Å². The average Bonchev–Trinajstić information content (AvgIpc) is 3.10. The molecule has 46 heavy (non-hydrogen) atoms. The molecule has 248 valence electrons. The zero-order valence-electron chi connectivity index (χ0n) is 28.2. The normalized spacial score (nSPS) is 20.6. The van der Waals surface area contributed by atoms with E-state index in [2.05, 4.69) is 51.0 Å². The molecule has 1 heterocycles. The molecule has 0 unspecified atom stereocenters. The van der Waals surface area contributed by atoms with E-state index in [1.807, 2.05) is 28.1 Å². The highest BCUT2D eigenvalue weighted by Crippen LogP contribution is 2.39. The van der Waals surface area contributed by atoms with E-state index < -0.39 is 8.32 Å². The highest BCUT2D eigenvalue weighted by atomic mass is 28.4. The smallest absolute Gasteiger partial charge is 0.335 e. The van der Waals surface area contributed by atoms with Crippen molar-refractivity contribution in [2.24, 2.45) is 5.92 Å². The summed E-state index contributed by atoms with van der Waals surface area (Å²) in [6, 6.07) is 22.8. The van der Waals surface area contributed by atoms with Crippen molar-refractivity contribution >= 4 is 14.3 Å². The Kier molecular flexibility index (Phi) is 11.0. The minimum Gasteiger partial charge on any atom is -0.410 e. The summed E-state index contributed by atoms with van der Waals surface area (Å²) in [6.07, 6.45) is 6.35. The van der Waals surface area contributed by atoms with E-state index in [0.29, 0.717) is 32.0 Å². The molecule has 5 nitrogen and oxygen atoms in total. The predicted octanol–water partition coefficient (Wildman–Crippen LogP) is 9.20. The fourth-order valence-corrected chi connectivity index (χ4v) is 7.89. The largest absolute Gasteiger partial charge is 0.410 e. The van der Waals surface area contributed by atoms with Gasteiger partial charge in [-0.25, -0.2) is 18.6 Å². The molecule has 0 aromatic heterocycles. The van der Waals surface area contributed by atoms with E-state index in [1.165, 1.54) is 43.5 Å². The van der Waals surface area contributed by atoms with Crippen LogP contribution >= 0.6 is 0 Å². The van der Waals surface area contributed by atoms with Crippen molar-refractivity contribution in [3.8, 4) is 0 Å². The van der Waals surface area contributed by atoms with Crippen LogP contribution in [-0.2, 0) is 23.9 Å². The number of carbonyl (C=O) groups excluding carboxylic acids is 1.